The Kier molecular flexibility index (Phi) is 8.36. The summed E-state index contributed by atoms with van der Waals surface area (Å²) in [4.78, 5) is 0. The van der Waals surface area contributed by atoms with Gasteiger partial charge in [-0.05, 0) is 25.7 Å². The summed E-state index contributed by atoms with van der Waals surface area (Å²) in [7, 11) is 0. The Balaban J connectivity index is 3.90. The molecule has 0 saturated carbocycles. The van der Waals surface area contributed by atoms with Crippen molar-refractivity contribution in [2.45, 2.75) is 13.8 Å². The van der Waals surface area contributed by atoms with E-state index in [1.165, 1.54) is 11.4 Å². The van der Waals surface area contributed by atoms with Crippen LogP contribution in [0.1, 0.15) is 13.8 Å². The third kappa shape index (κ3) is 5.79. The van der Waals surface area contributed by atoms with Gasteiger partial charge in [0.25, 0.3) is 0 Å². The first-order chi connectivity index (χ1) is 5.68. The Morgan fingerprint density at radius 2 is 1.83 bits per heavy atom. The van der Waals surface area contributed by atoms with Crippen molar-refractivity contribution in [1.29, 1.82) is 0 Å². The van der Waals surface area contributed by atoms with E-state index in [1.807, 2.05) is 13.8 Å². The second kappa shape index (κ2) is 7.60. The van der Waals surface area contributed by atoms with Crippen LogP contribution in [0.2, 0.25) is 0 Å². The fourth-order valence-corrected chi connectivity index (χ4v) is 5.60. The minimum Gasteiger partial charge on any atom is -0.322 e. The lowest BCUT2D eigenvalue weighted by molar-refractivity contribution is 0.280. The number of alkyl halides is 1. The van der Waals surface area contributed by atoms with Gasteiger partial charge >= 0.3 is 0 Å². The summed E-state index contributed by atoms with van der Waals surface area (Å²) >= 11 is 12.3. The molecule has 74 valence electrons. The minimum absolute atomic E-state index is 0.587. The highest BCUT2D eigenvalue weighted by Crippen LogP contribution is 2.60. The molecule has 0 aromatic carbocycles. The SMILES string of the molecule is CCOP(=S)(OCC)SCCCl. The van der Waals surface area contributed by atoms with E-state index in [0.29, 0.717) is 19.1 Å². The van der Waals surface area contributed by atoms with Gasteiger partial charge in [-0.15, -0.1) is 11.6 Å². The van der Waals surface area contributed by atoms with E-state index in [4.69, 9.17) is 32.5 Å². The van der Waals surface area contributed by atoms with Crippen molar-refractivity contribution in [3.05, 3.63) is 0 Å². The molecule has 2 nitrogen and oxygen atoms in total. The highest BCUT2D eigenvalue weighted by molar-refractivity contribution is 8.67. The molecule has 0 radical (unpaired) electrons. The van der Waals surface area contributed by atoms with Crippen LogP contribution in [0.3, 0.4) is 0 Å². The van der Waals surface area contributed by atoms with Crippen LogP contribution in [0.15, 0.2) is 0 Å². The van der Waals surface area contributed by atoms with Gasteiger partial charge in [0.05, 0.1) is 13.2 Å². The molecule has 0 rings (SSSR count). The first-order valence-electron chi connectivity index (χ1n) is 3.78. The number of hydrogen-bond acceptors (Lipinski definition) is 4. The van der Waals surface area contributed by atoms with Gasteiger partial charge in [0.15, 0.2) is 0 Å². The van der Waals surface area contributed by atoms with Crippen LogP contribution >= 0.6 is 28.7 Å². The summed E-state index contributed by atoms with van der Waals surface area (Å²) in [6, 6.07) is 0. The van der Waals surface area contributed by atoms with Crippen molar-refractivity contribution >= 4 is 40.5 Å². The molecule has 0 aromatic heterocycles. The van der Waals surface area contributed by atoms with E-state index >= 15 is 0 Å². The zero-order chi connectivity index (χ0) is 9.45. The van der Waals surface area contributed by atoms with Gasteiger partial charge in [-0.25, -0.2) is 0 Å². The van der Waals surface area contributed by atoms with Crippen molar-refractivity contribution in [3.63, 3.8) is 0 Å². The van der Waals surface area contributed by atoms with E-state index < -0.39 is 5.69 Å². The standard InChI is InChI=1S/C6H14ClO2PS2/c1-3-8-10(11,9-4-2)12-6-5-7/h3-6H2,1-2H3. The lowest BCUT2D eigenvalue weighted by Crippen LogP contribution is -1.93. The molecule has 0 heterocycles. The van der Waals surface area contributed by atoms with Gasteiger partial charge in [0.1, 0.15) is 0 Å². The van der Waals surface area contributed by atoms with Crippen LogP contribution in [0, 0.1) is 0 Å². The van der Waals surface area contributed by atoms with Crippen molar-refractivity contribution in [1.82, 2.24) is 0 Å². The van der Waals surface area contributed by atoms with Crippen LogP contribution in [-0.4, -0.2) is 24.8 Å². The molecule has 0 aliphatic rings. The highest BCUT2D eigenvalue weighted by atomic mass is 35.5. The molecule has 0 saturated heterocycles. The summed E-state index contributed by atoms with van der Waals surface area (Å²) in [5.41, 5.74) is -2.07. The van der Waals surface area contributed by atoms with Crippen molar-refractivity contribution in [2.75, 3.05) is 24.8 Å². The lowest BCUT2D eigenvalue weighted by atomic mass is 10.9. The summed E-state index contributed by atoms with van der Waals surface area (Å²) in [5, 5.41) is 0. The first-order valence-corrected chi connectivity index (χ1v) is 8.54. The average molecular weight is 249 g/mol. The number of halogens is 1. The normalized spacial score (nSPS) is 11.9. The van der Waals surface area contributed by atoms with E-state index in [-0.39, 0.29) is 0 Å². The average Bonchev–Trinajstić information content (AvgIpc) is 2.02. The number of rotatable bonds is 7. The molecular formula is C6H14ClO2PS2. The zero-order valence-corrected chi connectivity index (χ0v) is 10.6. The Labute approximate surface area is 88.3 Å². The monoisotopic (exact) mass is 248 g/mol. The molecule has 0 bridgehead atoms. The Morgan fingerprint density at radius 1 is 1.33 bits per heavy atom. The summed E-state index contributed by atoms with van der Waals surface area (Å²) < 4.78 is 10.8. The van der Waals surface area contributed by atoms with Crippen LogP contribution in [0.4, 0.5) is 0 Å². The molecule has 0 unspecified atom stereocenters. The maximum Gasteiger partial charge on any atom is 0.247 e. The van der Waals surface area contributed by atoms with Crippen molar-refractivity contribution in [2.24, 2.45) is 0 Å². The number of hydrogen-bond donors (Lipinski definition) is 0. The second-order valence-corrected chi connectivity index (χ2v) is 8.61. The third-order valence-corrected chi connectivity index (χ3v) is 6.88. The molecule has 0 atom stereocenters. The van der Waals surface area contributed by atoms with E-state index in [2.05, 4.69) is 0 Å². The second-order valence-electron chi connectivity index (χ2n) is 1.80. The molecule has 6 heteroatoms. The van der Waals surface area contributed by atoms with Gasteiger partial charge in [-0.3, -0.25) is 0 Å². The summed E-state index contributed by atoms with van der Waals surface area (Å²) in [6.07, 6.45) is 0. The fraction of sp³-hybridized carbons (Fsp3) is 1.00. The highest BCUT2D eigenvalue weighted by Gasteiger charge is 2.17. The van der Waals surface area contributed by atoms with Gasteiger partial charge in [-0.2, -0.15) is 0 Å². The topological polar surface area (TPSA) is 18.5 Å². The Hall–Kier alpha value is 1.21. The first kappa shape index (κ1) is 13.2. The molecule has 0 aromatic rings. The predicted molar refractivity (Wildman–Crippen MR) is 60.7 cm³/mol. The zero-order valence-electron chi connectivity index (χ0n) is 7.29. The minimum atomic E-state index is -2.07. The van der Waals surface area contributed by atoms with Gasteiger partial charge in [0.2, 0.25) is 5.69 Å². The van der Waals surface area contributed by atoms with Crippen LogP contribution in [-0.2, 0) is 20.9 Å². The van der Waals surface area contributed by atoms with Crippen LogP contribution in [0.25, 0.3) is 0 Å². The molecule has 0 N–H and O–H groups in total. The van der Waals surface area contributed by atoms with E-state index in [9.17, 15) is 0 Å². The third-order valence-electron chi connectivity index (χ3n) is 0.901. The van der Waals surface area contributed by atoms with Crippen LogP contribution in [0.5, 0.6) is 0 Å². The fourth-order valence-electron chi connectivity index (χ4n) is 0.574. The van der Waals surface area contributed by atoms with Gasteiger partial charge < -0.3 is 9.05 Å². The van der Waals surface area contributed by atoms with Crippen LogP contribution < -0.4 is 0 Å². The predicted octanol–water partition coefficient (Wildman–Crippen LogP) is 3.26. The Bertz CT molecular complexity index is 146. The van der Waals surface area contributed by atoms with E-state index in [0.717, 1.165) is 5.75 Å². The van der Waals surface area contributed by atoms with Gasteiger partial charge in [-0.1, -0.05) is 11.4 Å². The van der Waals surface area contributed by atoms with Gasteiger partial charge in [0, 0.05) is 11.6 Å². The Morgan fingerprint density at radius 3 is 2.17 bits per heavy atom. The molecular weight excluding hydrogens is 235 g/mol. The molecule has 12 heavy (non-hydrogen) atoms. The maximum atomic E-state index is 5.55. The lowest BCUT2D eigenvalue weighted by Gasteiger charge is -2.19. The molecule has 0 aliphatic heterocycles. The van der Waals surface area contributed by atoms with Crippen molar-refractivity contribution in [3.8, 4) is 0 Å². The largest absolute Gasteiger partial charge is 0.322 e. The molecule has 0 spiro atoms. The smallest absolute Gasteiger partial charge is 0.247 e. The molecule has 0 amide bonds. The maximum absolute atomic E-state index is 5.55. The molecule has 0 aliphatic carbocycles. The summed E-state index contributed by atoms with van der Waals surface area (Å²) in [6.45, 7) is 5.04. The summed E-state index contributed by atoms with van der Waals surface area (Å²) in [5.74, 6) is 1.38. The van der Waals surface area contributed by atoms with E-state index in [1.54, 1.807) is 0 Å². The van der Waals surface area contributed by atoms with Crippen molar-refractivity contribution < 1.29 is 9.05 Å². The quantitative estimate of drug-likeness (QED) is 0.508. The molecule has 0 fully saturated rings.